The van der Waals surface area contributed by atoms with Crippen LogP contribution in [-0.4, -0.2) is 72.4 Å². The van der Waals surface area contributed by atoms with Crippen LogP contribution in [0.3, 0.4) is 0 Å². The van der Waals surface area contributed by atoms with E-state index in [0.29, 0.717) is 24.0 Å². The van der Waals surface area contributed by atoms with Crippen molar-refractivity contribution in [3.63, 3.8) is 0 Å². The summed E-state index contributed by atoms with van der Waals surface area (Å²) in [6.07, 6.45) is 3.59. The van der Waals surface area contributed by atoms with Crippen molar-refractivity contribution in [2.75, 3.05) is 0 Å². The molecule has 0 radical (unpaired) electrons. The standard InChI is InChI=1S/C35H36O12/c1-16-8-22-12-20(34(40)42-22)14-26-30(18(3)32(38)46-26)24(10-16)44-28(36)6-5-7-29(37)45-25-11-17(2)9-23-13-21(35(41)43-23)15-27-31(25)19(4)33(39)47-27/h10-13,22-27,30-31H,3-9,14-15H2,1-2H3/b16-10+,17-11+/t22-,23-,24+,25+,26-,27-,30-,31-/m0/s1. The molecule has 12 heteroatoms. The van der Waals surface area contributed by atoms with Crippen LogP contribution in [0.15, 0.2) is 70.9 Å². The third kappa shape index (κ3) is 6.72. The summed E-state index contributed by atoms with van der Waals surface area (Å²) in [6.45, 7) is 11.4. The van der Waals surface area contributed by atoms with Gasteiger partial charge in [0.1, 0.15) is 36.6 Å². The van der Waals surface area contributed by atoms with Crippen LogP contribution < -0.4 is 0 Å². The molecule has 6 aliphatic rings. The summed E-state index contributed by atoms with van der Waals surface area (Å²) in [4.78, 5) is 75.8. The second-order valence-electron chi connectivity index (χ2n) is 12.9. The largest absolute Gasteiger partial charge is 0.458 e. The van der Waals surface area contributed by atoms with Crippen LogP contribution in [0.2, 0.25) is 0 Å². The smallest absolute Gasteiger partial charge is 0.334 e. The minimum atomic E-state index is -0.883. The highest BCUT2D eigenvalue weighted by Crippen LogP contribution is 2.40. The second-order valence-corrected chi connectivity index (χ2v) is 12.9. The molecule has 12 nitrogen and oxygen atoms in total. The SMILES string of the molecule is C=C1C(=O)O[C@H]2CC3=C[C@H](C/C(C)=C/[C@@H](OC(=O)CCCC(=O)O[C@@H]4/C=C(\C)C[C@H]5C=C(C[C@@H]6OC(=O)C(=C)[C@H]64)C(=O)O5)[C@H]12)OC3=O. The molecule has 0 aromatic heterocycles. The highest BCUT2D eigenvalue weighted by atomic mass is 16.6. The van der Waals surface area contributed by atoms with Crippen molar-refractivity contribution in [1.82, 2.24) is 0 Å². The molecular formula is C35H36O12. The summed E-state index contributed by atoms with van der Waals surface area (Å²) >= 11 is 0. The lowest BCUT2D eigenvalue weighted by atomic mass is 9.85. The number of fused-ring (bicyclic) bond motifs is 4. The first-order valence-corrected chi connectivity index (χ1v) is 15.7. The average molecular weight is 649 g/mol. The van der Waals surface area contributed by atoms with E-state index in [-0.39, 0.29) is 43.3 Å². The summed E-state index contributed by atoms with van der Waals surface area (Å²) in [5.41, 5.74) is 2.68. The second kappa shape index (κ2) is 12.8. The molecule has 2 aliphatic carbocycles. The van der Waals surface area contributed by atoms with E-state index in [1.807, 2.05) is 13.8 Å². The Morgan fingerprint density at radius 2 is 1.04 bits per heavy atom. The Morgan fingerprint density at radius 1 is 0.638 bits per heavy atom. The molecule has 0 N–H and O–H groups in total. The fourth-order valence-corrected chi connectivity index (χ4v) is 7.02. The summed E-state index contributed by atoms with van der Waals surface area (Å²) in [6, 6.07) is 0. The quantitative estimate of drug-likeness (QED) is 0.179. The van der Waals surface area contributed by atoms with Gasteiger partial charge in [-0.1, -0.05) is 24.3 Å². The van der Waals surface area contributed by atoms with Crippen LogP contribution in [-0.2, 0) is 57.2 Å². The van der Waals surface area contributed by atoms with Crippen molar-refractivity contribution in [3.05, 3.63) is 70.9 Å². The van der Waals surface area contributed by atoms with Gasteiger partial charge in [-0.15, -0.1) is 0 Å². The molecule has 2 saturated heterocycles. The number of carbonyl (C=O) groups is 6. The molecule has 0 saturated carbocycles. The summed E-state index contributed by atoms with van der Waals surface area (Å²) in [5.74, 6) is -4.78. The van der Waals surface area contributed by atoms with Crippen molar-refractivity contribution in [3.8, 4) is 0 Å². The molecule has 47 heavy (non-hydrogen) atoms. The Morgan fingerprint density at radius 3 is 1.45 bits per heavy atom. The van der Waals surface area contributed by atoms with E-state index in [9.17, 15) is 28.8 Å². The molecule has 0 aromatic rings. The summed E-state index contributed by atoms with van der Waals surface area (Å²) < 4.78 is 33.5. The Balaban J connectivity index is 1.09. The van der Waals surface area contributed by atoms with E-state index >= 15 is 0 Å². The number of carbonyl (C=O) groups excluding carboxylic acids is 6. The lowest BCUT2D eigenvalue weighted by molar-refractivity contribution is -0.152. The molecule has 6 rings (SSSR count). The molecule has 4 heterocycles. The number of hydrogen-bond acceptors (Lipinski definition) is 12. The van der Waals surface area contributed by atoms with Gasteiger partial charge in [-0.05, 0) is 44.6 Å². The average Bonchev–Trinajstić information content (AvgIpc) is 3.67. The topological polar surface area (TPSA) is 158 Å². The fraction of sp³-hybridized carbons (Fsp3) is 0.486. The first-order chi connectivity index (χ1) is 22.4. The molecular weight excluding hydrogens is 612 g/mol. The maximum Gasteiger partial charge on any atom is 0.334 e. The minimum Gasteiger partial charge on any atom is -0.458 e. The number of esters is 6. The first-order valence-electron chi connectivity index (χ1n) is 15.7. The Labute approximate surface area is 271 Å². The van der Waals surface area contributed by atoms with Gasteiger partial charge in [0.15, 0.2) is 0 Å². The van der Waals surface area contributed by atoms with Gasteiger partial charge < -0.3 is 28.4 Å². The molecule has 248 valence electrons. The van der Waals surface area contributed by atoms with Crippen molar-refractivity contribution < 1.29 is 57.2 Å². The molecule has 0 unspecified atom stereocenters. The van der Waals surface area contributed by atoms with Gasteiger partial charge >= 0.3 is 35.8 Å². The van der Waals surface area contributed by atoms with E-state index in [4.69, 9.17) is 28.4 Å². The Bertz CT molecular complexity index is 1470. The van der Waals surface area contributed by atoms with Crippen molar-refractivity contribution >= 4 is 35.8 Å². The van der Waals surface area contributed by atoms with Crippen LogP contribution in [0.4, 0.5) is 0 Å². The monoisotopic (exact) mass is 648 g/mol. The van der Waals surface area contributed by atoms with Gasteiger partial charge in [0, 0.05) is 60.8 Å². The number of rotatable bonds is 6. The molecule has 8 atom stereocenters. The predicted octanol–water partition coefficient (Wildman–Crippen LogP) is 3.36. The highest BCUT2D eigenvalue weighted by molar-refractivity contribution is 5.94. The zero-order valence-corrected chi connectivity index (χ0v) is 26.2. The van der Waals surface area contributed by atoms with Gasteiger partial charge in [0.25, 0.3) is 0 Å². The zero-order valence-electron chi connectivity index (χ0n) is 26.2. The van der Waals surface area contributed by atoms with Crippen molar-refractivity contribution in [2.45, 2.75) is 95.4 Å². The van der Waals surface area contributed by atoms with Crippen LogP contribution in [0, 0.1) is 11.8 Å². The number of hydrogen-bond donors (Lipinski definition) is 0. The molecule has 0 spiro atoms. The van der Waals surface area contributed by atoms with E-state index in [2.05, 4.69) is 13.2 Å². The molecule has 4 aliphatic heterocycles. The third-order valence-corrected chi connectivity index (χ3v) is 9.25. The van der Waals surface area contributed by atoms with Crippen LogP contribution in [0.5, 0.6) is 0 Å². The van der Waals surface area contributed by atoms with Gasteiger partial charge in [0.05, 0.1) is 11.8 Å². The van der Waals surface area contributed by atoms with Crippen molar-refractivity contribution in [1.29, 1.82) is 0 Å². The Kier molecular flexibility index (Phi) is 8.78. The van der Waals surface area contributed by atoms with E-state index in [0.717, 1.165) is 11.1 Å². The molecule has 4 bridgehead atoms. The van der Waals surface area contributed by atoms with Gasteiger partial charge in [-0.2, -0.15) is 0 Å². The van der Waals surface area contributed by atoms with Crippen LogP contribution >= 0.6 is 0 Å². The molecule has 0 aromatic carbocycles. The fourth-order valence-electron chi connectivity index (χ4n) is 7.02. The van der Waals surface area contributed by atoms with E-state index < -0.39 is 84.3 Å². The predicted molar refractivity (Wildman–Crippen MR) is 161 cm³/mol. The first kappa shape index (κ1) is 32.2. The third-order valence-electron chi connectivity index (χ3n) is 9.25. The van der Waals surface area contributed by atoms with Crippen LogP contribution in [0.1, 0.15) is 58.8 Å². The zero-order chi connectivity index (χ0) is 33.6. The minimum absolute atomic E-state index is 0.103. The van der Waals surface area contributed by atoms with Crippen LogP contribution in [0.25, 0.3) is 0 Å². The van der Waals surface area contributed by atoms with Gasteiger partial charge in [-0.25, -0.2) is 19.2 Å². The lowest BCUT2D eigenvalue weighted by Gasteiger charge is -2.26. The molecule has 0 amide bonds. The maximum atomic E-state index is 13.1. The van der Waals surface area contributed by atoms with E-state index in [1.54, 1.807) is 24.3 Å². The summed E-state index contributed by atoms with van der Waals surface area (Å²) in [5, 5.41) is 0. The highest BCUT2D eigenvalue weighted by Gasteiger charge is 2.48. The van der Waals surface area contributed by atoms with E-state index in [1.165, 1.54) is 0 Å². The Hall–Kier alpha value is -4.74. The maximum absolute atomic E-state index is 13.1. The molecule has 2 fully saturated rings. The number of ether oxygens (including phenoxy) is 6. The lowest BCUT2D eigenvalue weighted by Crippen LogP contribution is -2.33. The normalized spacial score (nSPS) is 35.4. The van der Waals surface area contributed by atoms with Gasteiger partial charge in [0.2, 0.25) is 0 Å². The van der Waals surface area contributed by atoms with Gasteiger partial charge in [-0.3, -0.25) is 9.59 Å². The summed E-state index contributed by atoms with van der Waals surface area (Å²) in [7, 11) is 0. The van der Waals surface area contributed by atoms with Crippen molar-refractivity contribution in [2.24, 2.45) is 11.8 Å².